The maximum atomic E-state index is 4.38. The summed E-state index contributed by atoms with van der Waals surface area (Å²) in [6.07, 6.45) is 4.74. The van der Waals surface area contributed by atoms with Gasteiger partial charge in [0, 0.05) is 23.7 Å². The van der Waals surface area contributed by atoms with E-state index in [1.54, 1.807) is 0 Å². The SMILES string of the molecule is Sc1ccccc1C1=CN=CC1. The molecule has 2 rings (SSSR count). The van der Waals surface area contributed by atoms with Gasteiger partial charge in [-0.3, -0.25) is 4.99 Å². The van der Waals surface area contributed by atoms with Crippen molar-refractivity contribution < 1.29 is 0 Å². The molecule has 0 aromatic heterocycles. The molecule has 0 spiro atoms. The van der Waals surface area contributed by atoms with E-state index in [9.17, 15) is 0 Å². The zero-order chi connectivity index (χ0) is 8.39. The smallest absolute Gasteiger partial charge is 0.0306 e. The van der Waals surface area contributed by atoms with Crippen molar-refractivity contribution >= 4 is 24.4 Å². The Hall–Kier alpha value is -1.02. The van der Waals surface area contributed by atoms with Crippen LogP contribution in [0.2, 0.25) is 0 Å². The van der Waals surface area contributed by atoms with Crippen LogP contribution in [0.1, 0.15) is 12.0 Å². The summed E-state index contributed by atoms with van der Waals surface area (Å²) in [4.78, 5) is 5.08. The first-order chi connectivity index (χ1) is 5.88. The van der Waals surface area contributed by atoms with Gasteiger partial charge in [0.2, 0.25) is 0 Å². The molecule has 1 aromatic carbocycles. The Morgan fingerprint density at radius 1 is 1.25 bits per heavy atom. The molecule has 1 heterocycles. The number of rotatable bonds is 1. The highest BCUT2D eigenvalue weighted by molar-refractivity contribution is 7.80. The second-order valence-electron chi connectivity index (χ2n) is 2.71. The van der Waals surface area contributed by atoms with Crippen molar-refractivity contribution in [3.63, 3.8) is 0 Å². The van der Waals surface area contributed by atoms with Crippen LogP contribution < -0.4 is 0 Å². The van der Waals surface area contributed by atoms with Crippen LogP contribution in [0.3, 0.4) is 0 Å². The molecule has 0 radical (unpaired) electrons. The van der Waals surface area contributed by atoms with Gasteiger partial charge in [-0.15, -0.1) is 12.6 Å². The van der Waals surface area contributed by atoms with Gasteiger partial charge < -0.3 is 0 Å². The molecule has 1 aliphatic rings. The van der Waals surface area contributed by atoms with Crippen LogP contribution in [0, 0.1) is 0 Å². The minimum absolute atomic E-state index is 0.928. The third-order valence-corrected chi connectivity index (χ3v) is 2.29. The zero-order valence-corrected chi connectivity index (χ0v) is 7.46. The van der Waals surface area contributed by atoms with E-state index in [0.29, 0.717) is 0 Å². The molecule has 0 amide bonds. The number of nitrogens with zero attached hydrogens (tertiary/aromatic N) is 1. The van der Waals surface area contributed by atoms with Crippen molar-refractivity contribution in [1.29, 1.82) is 0 Å². The monoisotopic (exact) mass is 175 g/mol. The van der Waals surface area contributed by atoms with E-state index in [-0.39, 0.29) is 0 Å². The summed E-state index contributed by atoms with van der Waals surface area (Å²) in [5, 5.41) is 0. The molecule has 0 bridgehead atoms. The lowest BCUT2D eigenvalue weighted by Crippen LogP contribution is -1.83. The van der Waals surface area contributed by atoms with Gasteiger partial charge in [-0.2, -0.15) is 0 Å². The minimum atomic E-state index is 0.928. The summed E-state index contributed by atoms with van der Waals surface area (Å²) in [6, 6.07) is 8.08. The van der Waals surface area contributed by atoms with Crippen LogP contribution in [0.15, 0.2) is 40.4 Å². The second kappa shape index (κ2) is 3.15. The molecule has 0 saturated carbocycles. The lowest BCUT2D eigenvalue weighted by atomic mass is 10.1. The lowest BCUT2D eigenvalue weighted by Gasteiger charge is -2.03. The molecule has 2 heteroatoms. The molecule has 1 aromatic rings. The van der Waals surface area contributed by atoms with Gasteiger partial charge in [-0.05, 0) is 17.2 Å². The highest BCUT2D eigenvalue weighted by Gasteiger charge is 2.05. The first-order valence-corrected chi connectivity index (χ1v) is 4.32. The fourth-order valence-electron chi connectivity index (χ4n) is 1.27. The Kier molecular flexibility index (Phi) is 2.00. The van der Waals surface area contributed by atoms with Crippen molar-refractivity contribution in [2.75, 3.05) is 0 Å². The van der Waals surface area contributed by atoms with E-state index in [0.717, 1.165) is 11.3 Å². The molecule has 0 atom stereocenters. The number of aliphatic imine (C=N–C) groups is 1. The first-order valence-electron chi connectivity index (χ1n) is 3.87. The molecule has 12 heavy (non-hydrogen) atoms. The molecule has 1 nitrogen and oxygen atoms in total. The maximum absolute atomic E-state index is 4.38. The molecule has 0 unspecified atom stereocenters. The van der Waals surface area contributed by atoms with Gasteiger partial charge >= 0.3 is 0 Å². The van der Waals surface area contributed by atoms with E-state index < -0.39 is 0 Å². The molecule has 0 saturated heterocycles. The predicted molar refractivity (Wildman–Crippen MR) is 54.8 cm³/mol. The average Bonchev–Trinajstić information content (AvgIpc) is 2.57. The van der Waals surface area contributed by atoms with E-state index >= 15 is 0 Å². The topological polar surface area (TPSA) is 12.4 Å². The molecule has 0 N–H and O–H groups in total. The predicted octanol–water partition coefficient (Wildman–Crippen LogP) is 2.79. The van der Waals surface area contributed by atoms with Crippen molar-refractivity contribution in [3.05, 3.63) is 36.0 Å². The number of hydrogen-bond donors (Lipinski definition) is 1. The van der Waals surface area contributed by atoms with Crippen molar-refractivity contribution in [1.82, 2.24) is 0 Å². The van der Waals surface area contributed by atoms with Crippen LogP contribution >= 0.6 is 12.6 Å². The Morgan fingerprint density at radius 2 is 2.08 bits per heavy atom. The van der Waals surface area contributed by atoms with Gasteiger partial charge in [0.05, 0.1) is 0 Å². The summed E-state index contributed by atoms with van der Waals surface area (Å²) < 4.78 is 0. The van der Waals surface area contributed by atoms with E-state index in [1.807, 2.05) is 30.6 Å². The van der Waals surface area contributed by atoms with Crippen LogP contribution in [-0.4, -0.2) is 6.21 Å². The van der Waals surface area contributed by atoms with Crippen molar-refractivity contribution in [2.45, 2.75) is 11.3 Å². The zero-order valence-electron chi connectivity index (χ0n) is 6.57. The highest BCUT2D eigenvalue weighted by atomic mass is 32.1. The Balaban J connectivity index is 2.40. The molecule has 0 fully saturated rings. The third kappa shape index (κ3) is 1.30. The quantitative estimate of drug-likeness (QED) is 0.630. The summed E-state index contributed by atoms with van der Waals surface area (Å²) >= 11 is 4.38. The number of thiol groups is 1. The number of hydrogen-bond acceptors (Lipinski definition) is 2. The fourth-order valence-corrected chi connectivity index (χ4v) is 1.58. The molecule has 0 aliphatic carbocycles. The van der Waals surface area contributed by atoms with Crippen LogP contribution in [0.5, 0.6) is 0 Å². The van der Waals surface area contributed by atoms with Gasteiger partial charge in [0.25, 0.3) is 0 Å². The Morgan fingerprint density at radius 3 is 2.75 bits per heavy atom. The Labute approximate surface area is 77.2 Å². The molecule has 60 valence electrons. The van der Waals surface area contributed by atoms with Gasteiger partial charge in [-0.25, -0.2) is 0 Å². The van der Waals surface area contributed by atoms with Crippen molar-refractivity contribution in [2.24, 2.45) is 4.99 Å². The fraction of sp³-hybridized carbons (Fsp3) is 0.100. The first kappa shape index (κ1) is 7.62. The van der Waals surface area contributed by atoms with Gasteiger partial charge in [0.1, 0.15) is 0 Å². The molecular formula is C10H9NS. The Bertz CT molecular complexity index is 353. The van der Waals surface area contributed by atoms with E-state index in [4.69, 9.17) is 0 Å². The van der Waals surface area contributed by atoms with Gasteiger partial charge in [-0.1, -0.05) is 18.2 Å². The lowest BCUT2D eigenvalue weighted by molar-refractivity contribution is 1.37. The second-order valence-corrected chi connectivity index (χ2v) is 3.19. The van der Waals surface area contributed by atoms with Crippen LogP contribution in [0.4, 0.5) is 0 Å². The average molecular weight is 175 g/mol. The largest absolute Gasteiger partial charge is 0.268 e. The minimum Gasteiger partial charge on any atom is -0.268 e. The highest BCUT2D eigenvalue weighted by Crippen LogP contribution is 2.26. The normalized spacial score (nSPS) is 14.9. The summed E-state index contributed by atoms with van der Waals surface area (Å²) in [5.41, 5.74) is 2.44. The number of benzene rings is 1. The standard InChI is InChI=1S/C10H9NS/c12-10-4-2-1-3-9(10)8-5-6-11-7-8/h1-4,6-7,12H,5H2. The number of allylic oxidation sites excluding steroid dienone is 1. The van der Waals surface area contributed by atoms with E-state index in [1.165, 1.54) is 11.1 Å². The summed E-state index contributed by atoms with van der Waals surface area (Å²) in [5.74, 6) is 0. The van der Waals surface area contributed by atoms with E-state index in [2.05, 4.69) is 23.7 Å². The maximum Gasteiger partial charge on any atom is 0.0306 e. The van der Waals surface area contributed by atoms with Gasteiger partial charge in [0.15, 0.2) is 0 Å². The van der Waals surface area contributed by atoms with Crippen LogP contribution in [0.25, 0.3) is 5.57 Å². The van der Waals surface area contributed by atoms with Crippen LogP contribution in [-0.2, 0) is 0 Å². The summed E-state index contributed by atoms with van der Waals surface area (Å²) in [6.45, 7) is 0. The molecular weight excluding hydrogens is 166 g/mol. The molecule has 1 aliphatic heterocycles. The summed E-state index contributed by atoms with van der Waals surface area (Å²) in [7, 11) is 0. The third-order valence-electron chi connectivity index (χ3n) is 1.90. The van der Waals surface area contributed by atoms with Crippen molar-refractivity contribution in [3.8, 4) is 0 Å².